The van der Waals surface area contributed by atoms with Crippen molar-refractivity contribution < 1.29 is 4.74 Å². The molecule has 0 aromatic carbocycles. The van der Waals surface area contributed by atoms with Crippen LogP contribution < -0.4 is 9.64 Å². The Hall–Kier alpha value is -0.740. The van der Waals surface area contributed by atoms with Crippen LogP contribution >= 0.6 is 23.2 Å². The van der Waals surface area contributed by atoms with Gasteiger partial charge in [0.1, 0.15) is 5.02 Å². The fourth-order valence-electron chi connectivity index (χ4n) is 3.08. The molecule has 98 valence electrons. The third-order valence-corrected chi connectivity index (χ3v) is 4.43. The number of hydrogen-bond donors (Lipinski definition) is 0. The van der Waals surface area contributed by atoms with Gasteiger partial charge in [0.15, 0.2) is 5.82 Å². The number of methoxy groups -OCH3 is 1. The van der Waals surface area contributed by atoms with E-state index >= 15 is 0 Å². The number of halogens is 2. The first-order valence-electron chi connectivity index (χ1n) is 6.18. The van der Waals surface area contributed by atoms with Crippen LogP contribution in [0.25, 0.3) is 0 Å². The largest absolute Gasteiger partial charge is 0.467 e. The molecule has 18 heavy (non-hydrogen) atoms. The number of rotatable bonds is 2. The molecule has 0 amide bonds. The van der Waals surface area contributed by atoms with Crippen molar-refractivity contribution in [2.45, 2.75) is 43.1 Å². The first kappa shape index (κ1) is 12.3. The van der Waals surface area contributed by atoms with Crippen LogP contribution in [-0.2, 0) is 0 Å². The van der Waals surface area contributed by atoms with Crippen LogP contribution in [-0.4, -0.2) is 34.5 Å². The molecule has 2 atom stereocenters. The molecule has 6 heteroatoms. The summed E-state index contributed by atoms with van der Waals surface area (Å²) in [5.74, 6) is 0.791. The monoisotopic (exact) mass is 287 g/mol. The van der Waals surface area contributed by atoms with Crippen molar-refractivity contribution in [2.24, 2.45) is 0 Å². The summed E-state index contributed by atoms with van der Waals surface area (Å²) in [7, 11) is 1.56. The quantitative estimate of drug-likeness (QED) is 0.784. The Morgan fingerprint density at radius 1 is 1.33 bits per heavy atom. The van der Waals surface area contributed by atoms with E-state index in [1.54, 1.807) is 13.3 Å². The third-order valence-electron chi connectivity index (χ3n) is 3.81. The van der Waals surface area contributed by atoms with E-state index in [4.69, 9.17) is 27.9 Å². The number of fused-ring (bicyclic) bond motifs is 2. The van der Waals surface area contributed by atoms with Gasteiger partial charge >= 0.3 is 6.01 Å². The van der Waals surface area contributed by atoms with Gasteiger partial charge in [0.2, 0.25) is 0 Å². The van der Waals surface area contributed by atoms with Crippen molar-refractivity contribution in [3.8, 4) is 6.01 Å². The lowest BCUT2D eigenvalue weighted by molar-refractivity contribution is 0.377. The Labute approximate surface area is 116 Å². The van der Waals surface area contributed by atoms with E-state index in [1.807, 2.05) is 0 Å². The van der Waals surface area contributed by atoms with Gasteiger partial charge in [-0.15, -0.1) is 11.6 Å². The molecule has 1 aromatic rings. The lowest BCUT2D eigenvalue weighted by atomic mass is 10.0. The average molecular weight is 288 g/mol. The molecule has 0 spiro atoms. The highest BCUT2D eigenvalue weighted by Gasteiger charge is 2.41. The first-order chi connectivity index (χ1) is 8.69. The number of anilines is 1. The summed E-state index contributed by atoms with van der Waals surface area (Å²) < 4.78 is 5.08. The number of hydrogen-bond acceptors (Lipinski definition) is 4. The minimum absolute atomic E-state index is 0.279. The topological polar surface area (TPSA) is 38.2 Å². The second kappa shape index (κ2) is 4.74. The van der Waals surface area contributed by atoms with Gasteiger partial charge in [-0.2, -0.15) is 4.98 Å². The van der Waals surface area contributed by atoms with Gasteiger partial charge in [-0.3, -0.25) is 0 Å². The minimum atomic E-state index is 0.279. The minimum Gasteiger partial charge on any atom is -0.467 e. The SMILES string of the molecule is COc1ncc(Cl)c(N2C3CCC2CC(Cl)C3)n1. The lowest BCUT2D eigenvalue weighted by Crippen LogP contribution is -2.44. The van der Waals surface area contributed by atoms with Gasteiger partial charge in [-0.05, 0) is 25.7 Å². The van der Waals surface area contributed by atoms with Gasteiger partial charge in [0.25, 0.3) is 0 Å². The van der Waals surface area contributed by atoms with Gasteiger partial charge in [-0.1, -0.05) is 11.6 Å². The third kappa shape index (κ3) is 2.01. The Morgan fingerprint density at radius 2 is 2.00 bits per heavy atom. The Balaban J connectivity index is 1.95. The molecular weight excluding hydrogens is 273 g/mol. The van der Waals surface area contributed by atoms with Gasteiger partial charge in [0.05, 0.1) is 13.3 Å². The zero-order chi connectivity index (χ0) is 12.7. The van der Waals surface area contributed by atoms with E-state index in [0.717, 1.165) is 31.5 Å². The summed E-state index contributed by atoms with van der Waals surface area (Å²) in [6, 6.07) is 1.26. The second-order valence-electron chi connectivity index (χ2n) is 4.89. The molecule has 0 saturated carbocycles. The van der Waals surface area contributed by atoms with Crippen LogP contribution in [0.3, 0.4) is 0 Å². The maximum absolute atomic E-state index is 6.28. The van der Waals surface area contributed by atoms with Crippen molar-refractivity contribution >= 4 is 29.0 Å². The van der Waals surface area contributed by atoms with E-state index in [9.17, 15) is 0 Å². The summed E-state index contributed by atoms with van der Waals surface area (Å²) in [5, 5.41) is 0.863. The predicted octanol–water partition coefficient (Wildman–Crippen LogP) is 2.88. The molecule has 1 aromatic heterocycles. The number of alkyl halides is 1. The van der Waals surface area contributed by atoms with E-state index in [2.05, 4.69) is 14.9 Å². The summed E-state index contributed by atoms with van der Waals surface area (Å²) in [4.78, 5) is 10.7. The van der Waals surface area contributed by atoms with Crippen molar-refractivity contribution in [3.05, 3.63) is 11.2 Å². The fourth-order valence-corrected chi connectivity index (χ4v) is 3.68. The smallest absolute Gasteiger partial charge is 0.318 e. The molecule has 2 aliphatic heterocycles. The van der Waals surface area contributed by atoms with Crippen molar-refractivity contribution in [1.82, 2.24) is 9.97 Å². The Bertz CT molecular complexity index is 443. The summed E-state index contributed by atoms with van der Waals surface area (Å²) in [5.41, 5.74) is 0. The van der Waals surface area contributed by atoms with Gasteiger partial charge in [-0.25, -0.2) is 4.98 Å². The number of nitrogens with zero attached hydrogens (tertiary/aromatic N) is 3. The van der Waals surface area contributed by atoms with Crippen LogP contribution in [0.1, 0.15) is 25.7 Å². The fraction of sp³-hybridized carbons (Fsp3) is 0.667. The highest BCUT2D eigenvalue weighted by atomic mass is 35.5. The molecule has 2 aliphatic rings. The molecule has 2 bridgehead atoms. The average Bonchev–Trinajstić information content (AvgIpc) is 2.63. The van der Waals surface area contributed by atoms with Crippen LogP contribution in [0.4, 0.5) is 5.82 Å². The van der Waals surface area contributed by atoms with Gasteiger partial charge < -0.3 is 9.64 Å². The predicted molar refractivity (Wildman–Crippen MR) is 71.8 cm³/mol. The summed E-state index contributed by atoms with van der Waals surface area (Å²) in [6.07, 6.45) is 5.93. The van der Waals surface area contributed by atoms with Crippen LogP contribution in [0.5, 0.6) is 6.01 Å². The maximum atomic E-state index is 6.28. The van der Waals surface area contributed by atoms with Crippen molar-refractivity contribution in [1.29, 1.82) is 0 Å². The molecule has 4 nitrogen and oxygen atoms in total. The van der Waals surface area contributed by atoms with Crippen LogP contribution in [0.15, 0.2) is 6.20 Å². The highest BCUT2D eigenvalue weighted by Crippen LogP contribution is 2.42. The summed E-state index contributed by atoms with van der Waals surface area (Å²) in [6.45, 7) is 0. The zero-order valence-electron chi connectivity index (χ0n) is 10.1. The van der Waals surface area contributed by atoms with E-state index in [1.165, 1.54) is 0 Å². The second-order valence-corrected chi connectivity index (χ2v) is 5.91. The standard InChI is InChI=1S/C12H15Cl2N3O/c1-18-12-15-6-10(14)11(16-12)17-8-2-3-9(17)5-7(13)4-8/h6-9H,2-5H2,1H3. The molecule has 3 heterocycles. The zero-order valence-corrected chi connectivity index (χ0v) is 11.7. The number of ether oxygens (including phenoxy) is 1. The highest BCUT2D eigenvalue weighted by molar-refractivity contribution is 6.32. The maximum Gasteiger partial charge on any atom is 0.318 e. The van der Waals surface area contributed by atoms with Crippen molar-refractivity contribution in [3.63, 3.8) is 0 Å². The summed E-state index contributed by atoms with van der Waals surface area (Å²) >= 11 is 12.5. The lowest BCUT2D eigenvalue weighted by Gasteiger charge is -2.38. The normalized spacial score (nSPS) is 30.6. The first-order valence-corrected chi connectivity index (χ1v) is 6.99. The molecule has 3 rings (SSSR count). The molecule has 0 radical (unpaired) electrons. The van der Waals surface area contributed by atoms with Crippen LogP contribution in [0.2, 0.25) is 5.02 Å². The molecule has 2 fully saturated rings. The molecule has 2 unspecified atom stereocenters. The molecule has 2 saturated heterocycles. The van der Waals surface area contributed by atoms with Crippen LogP contribution in [0, 0.1) is 0 Å². The molecule has 0 aliphatic carbocycles. The van der Waals surface area contributed by atoms with Crippen molar-refractivity contribution in [2.75, 3.05) is 12.0 Å². The van der Waals surface area contributed by atoms with Gasteiger partial charge in [0, 0.05) is 17.5 Å². The van der Waals surface area contributed by atoms with E-state index in [-0.39, 0.29) is 5.38 Å². The van der Waals surface area contributed by atoms with E-state index in [0.29, 0.717) is 23.1 Å². The molecular formula is C12H15Cl2N3O. The van der Waals surface area contributed by atoms with E-state index < -0.39 is 0 Å². The Kier molecular flexibility index (Phi) is 3.24. The number of piperidine rings is 1. The number of aromatic nitrogens is 2. The molecule has 0 N–H and O–H groups in total. The Morgan fingerprint density at radius 3 is 2.61 bits per heavy atom.